The molecule has 1 aromatic rings. The molecule has 0 aromatic heterocycles. The van der Waals surface area contributed by atoms with Crippen LogP contribution in [0, 0.1) is 13.8 Å². The summed E-state index contributed by atoms with van der Waals surface area (Å²) in [6.07, 6.45) is 0. The molecule has 1 aromatic carbocycles. The molecule has 0 bridgehead atoms. The maximum absolute atomic E-state index is 3.50. The third-order valence-corrected chi connectivity index (χ3v) is 4.03. The van der Waals surface area contributed by atoms with Gasteiger partial charge in [-0.2, -0.15) is 0 Å². The van der Waals surface area contributed by atoms with Crippen molar-refractivity contribution in [3.8, 4) is 0 Å². The Morgan fingerprint density at radius 3 is 2.83 bits per heavy atom. The summed E-state index contributed by atoms with van der Waals surface area (Å²) in [5.74, 6) is 0. The molecule has 0 spiro atoms. The first-order valence-corrected chi connectivity index (χ1v) is 6.79. The SMILES string of the molecule is CNC(c1cc(C)ccc1C)C1CNCCN1C. The summed E-state index contributed by atoms with van der Waals surface area (Å²) in [6.45, 7) is 7.63. The number of benzene rings is 1. The molecule has 2 unspecified atom stereocenters. The van der Waals surface area contributed by atoms with Gasteiger partial charge in [-0.3, -0.25) is 4.90 Å². The highest BCUT2D eigenvalue weighted by Crippen LogP contribution is 2.25. The molecule has 2 rings (SSSR count). The molecule has 1 aliphatic rings. The van der Waals surface area contributed by atoms with Crippen LogP contribution in [0.25, 0.3) is 0 Å². The van der Waals surface area contributed by atoms with Crippen molar-refractivity contribution in [1.29, 1.82) is 0 Å². The van der Waals surface area contributed by atoms with E-state index in [9.17, 15) is 0 Å². The van der Waals surface area contributed by atoms with E-state index in [1.165, 1.54) is 16.7 Å². The average molecular weight is 247 g/mol. The van der Waals surface area contributed by atoms with Gasteiger partial charge in [-0.25, -0.2) is 0 Å². The first kappa shape index (κ1) is 13.5. The van der Waals surface area contributed by atoms with Gasteiger partial charge in [0.1, 0.15) is 0 Å². The van der Waals surface area contributed by atoms with E-state index >= 15 is 0 Å². The van der Waals surface area contributed by atoms with Crippen LogP contribution >= 0.6 is 0 Å². The second-order valence-corrected chi connectivity index (χ2v) is 5.38. The Morgan fingerprint density at radius 1 is 1.39 bits per heavy atom. The lowest BCUT2D eigenvalue weighted by molar-refractivity contribution is 0.161. The number of rotatable bonds is 3. The number of piperazine rings is 1. The number of nitrogens with one attached hydrogen (secondary N) is 2. The monoisotopic (exact) mass is 247 g/mol. The van der Waals surface area contributed by atoms with Gasteiger partial charge in [0.25, 0.3) is 0 Å². The summed E-state index contributed by atoms with van der Waals surface area (Å²) in [6, 6.07) is 7.64. The molecule has 3 nitrogen and oxygen atoms in total. The number of likely N-dealkylation sites (N-methyl/N-ethyl adjacent to an activating group) is 2. The van der Waals surface area contributed by atoms with Crippen molar-refractivity contribution in [2.45, 2.75) is 25.9 Å². The molecule has 2 N–H and O–H groups in total. The lowest BCUT2D eigenvalue weighted by Crippen LogP contribution is -2.54. The standard InChI is InChI=1S/C15H25N3/c1-11-5-6-12(2)13(9-11)15(16-3)14-10-17-7-8-18(14)4/h5-6,9,14-17H,7-8,10H2,1-4H3. The normalized spacial score (nSPS) is 23.0. The quantitative estimate of drug-likeness (QED) is 0.847. The zero-order valence-corrected chi connectivity index (χ0v) is 12.0. The van der Waals surface area contributed by atoms with Gasteiger partial charge in [0.15, 0.2) is 0 Å². The maximum atomic E-state index is 3.50. The van der Waals surface area contributed by atoms with Gasteiger partial charge in [-0.15, -0.1) is 0 Å². The van der Waals surface area contributed by atoms with Crippen LogP contribution in [0.4, 0.5) is 0 Å². The van der Waals surface area contributed by atoms with Gasteiger partial charge in [-0.05, 0) is 39.1 Å². The van der Waals surface area contributed by atoms with Crippen molar-refractivity contribution in [3.63, 3.8) is 0 Å². The fourth-order valence-electron chi connectivity index (χ4n) is 2.85. The molecule has 0 saturated carbocycles. The van der Waals surface area contributed by atoms with E-state index in [1.807, 2.05) is 0 Å². The van der Waals surface area contributed by atoms with Crippen molar-refractivity contribution >= 4 is 0 Å². The van der Waals surface area contributed by atoms with Gasteiger partial charge in [0, 0.05) is 31.7 Å². The minimum absolute atomic E-state index is 0.391. The third-order valence-electron chi connectivity index (χ3n) is 4.03. The molecule has 1 aliphatic heterocycles. The highest BCUT2D eigenvalue weighted by molar-refractivity contribution is 5.34. The van der Waals surface area contributed by atoms with Crippen LogP contribution in [0.2, 0.25) is 0 Å². The first-order valence-electron chi connectivity index (χ1n) is 6.79. The maximum Gasteiger partial charge on any atom is 0.0490 e. The average Bonchev–Trinajstić information content (AvgIpc) is 2.36. The topological polar surface area (TPSA) is 27.3 Å². The van der Waals surface area contributed by atoms with Gasteiger partial charge in [-0.1, -0.05) is 23.8 Å². The van der Waals surface area contributed by atoms with Crippen LogP contribution in [-0.4, -0.2) is 44.7 Å². The summed E-state index contributed by atoms with van der Waals surface area (Å²) in [5, 5.41) is 7.01. The Bertz CT molecular complexity index is 403. The molecule has 0 radical (unpaired) electrons. The molecule has 1 saturated heterocycles. The van der Waals surface area contributed by atoms with Gasteiger partial charge >= 0.3 is 0 Å². The van der Waals surface area contributed by atoms with Crippen molar-refractivity contribution in [3.05, 3.63) is 34.9 Å². The fraction of sp³-hybridized carbons (Fsp3) is 0.600. The summed E-state index contributed by atoms with van der Waals surface area (Å²) < 4.78 is 0. The molecule has 2 atom stereocenters. The summed E-state index contributed by atoms with van der Waals surface area (Å²) in [7, 11) is 4.29. The smallest absolute Gasteiger partial charge is 0.0490 e. The lowest BCUT2D eigenvalue weighted by Gasteiger charge is -2.39. The van der Waals surface area contributed by atoms with E-state index in [1.54, 1.807) is 0 Å². The minimum atomic E-state index is 0.391. The van der Waals surface area contributed by atoms with E-state index in [-0.39, 0.29) is 0 Å². The number of nitrogens with zero attached hydrogens (tertiary/aromatic N) is 1. The van der Waals surface area contributed by atoms with Gasteiger partial charge in [0.05, 0.1) is 0 Å². The summed E-state index contributed by atoms with van der Waals surface area (Å²) >= 11 is 0. The highest BCUT2D eigenvalue weighted by atomic mass is 15.2. The van der Waals surface area contributed by atoms with Crippen molar-refractivity contribution < 1.29 is 0 Å². The second-order valence-electron chi connectivity index (χ2n) is 5.38. The number of hydrogen-bond donors (Lipinski definition) is 2. The number of hydrogen-bond acceptors (Lipinski definition) is 3. The zero-order chi connectivity index (χ0) is 13.1. The van der Waals surface area contributed by atoms with Crippen molar-refractivity contribution in [1.82, 2.24) is 15.5 Å². The Kier molecular flexibility index (Phi) is 4.38. The Hall–Kier alpha value is -0.900. The van der Waals surface area contributed by atoms with E-state index in [0.717, 1.165) is 19.6 Å². The predicted octanol–water partition coefficient (Wildman–Crippen LogP) is 1.47. The summed E-state index contributed by atoms with van der Waals surface area (Å²) in [5.41, 5.74) is 4.14. The van der Waals surface area contributed by atoms with Crippen LogP contribution < -0.4 is 10.6 Å². The van der Waals surface area contributed by atoms with Crippen LogP contribution in [0.3, 0.4) is 0 Å². The largest absolute Gasteiger partial charge is 0.314 e. The third kappa shape index (κ3) is 2.74. The molecule has 0 amide bonds. The molecule has 3 heteroatoms. The van der Waals surface area contributed by atoms with E-state index in [2.05, 4.69) is 61.7 Å². The lowest BCUT2D eigenvalue weighted by atomic mass is 9.92. The summed E-state index contributed by atoms with van der Waals surface area (Å²) in [4.78, 5) is 2.46. The van der Waals surface area contributed by atoms with E-state index < -0.39 is 0 Å². The van der Waals surface area contributed by atoms with Gasteiger partial charge < -0.3 is 10.6 Å². The Labute approximate surface area is 111 Å². The van der Waals surface area contributed by atoms with Crippen LogP contribution in [-0.2, 0) is 0 Å². The molecular weight excluding hydrogens is 222 g/mol. The fourth-order valence-corrected chi connectivity index (χ4v) is 2.85. The molecule has 100 valence electrons. The van der Waals surface area contributed by atoms with Gasteiger partial charge in [0.2, 0.25) is 0 Å². The molecule has 18 heavy (non-hydrogen) atoms. The van der Waals surface area contributed by atoms with E-state index in [4.69, 9.17) is 0 Å². The second kappa shape index (κ2) is 5.83. The van der Waals surface area contributed by atoms with Crippen LogP contribution in [0.5, 0.6) is 0 Å². The highest BCUT2D eigenvalue weighted by Gasteiger charge is 2.28. The van der Waals surface area contributed by atoms with Crippen LogP contribution in [0.1, 0.15) is 22.7 Å². The van der Waals surface area contributed by atoms with Crippen molar-refractivity contribution in [2.75, 3.05) is 33.7 Å². The molecule has 1 heterocycles. The number of aryl methyl sites for hydroxylation is 2. The van der Waals surface area contributed by atoms with E-state index in [0.29, 0.717) is 12.1 Å². The molecule has 1 fully saturated rings. The molecule has 0 aliphatic carbocycles. The Morgan fingerprint density at radius 2 is 2.17 bits per heavy atom. The molecular formula is C15H25N3. The van der Waals surface area contributed by atoms with Crippen LogP contribution in [0.15, 0.2) is 18.2 Å². The Balaban J connectivity index is 2.29. The first-order chi connectivity index (χ1) is 8.63. The van der Waals surface area contributed by atoms with Crippen molar-refractivity contribution in [2.24, 2.45) is 0 Å². The minimum Gasteiger partial charge on any atom is -0.314 e. The predicted molar refractivity (Wildman–Crippen MR) is 77.0 cm³/mol. The zero-order valence-electron chi connectivity index (χ0n) is 12.0.